The molecule has 1 aliphatic rings. The molecule has 1 aliphatic heterocycles. The average molecular weight is 387 g/mol. The summed E-state index contributed by atoms with van der Waals surface area (Å²) in [5, 5.41) is 28.8. The van der Waals surface area contributed by atoms with Crippen LogP contribution < -0.4 is 0 Å². The molecular weight excluding hydrogens is 344 g/mol. The maximum Gasteiger partial charge on any atom is 0.111 e. The highest BCUT2D eigenvalue weighted by atomic mass is 16.6. The third kappa shape index (κ3) is 11.9. The van der Waals surface area contributed by atoms with E-state index in [1.54, 1.807) is 0 Å². The van der Waals surface area contributed by atoms with Crippen molar-refractivity contribution in [1.29, 1.82) is 0 Å². The molecule has 1 rings (SSSR count). The number of rotatable bonds is 16. The lowest BCUT2D eigenvalue weighted by Crippen LogP contribution is -2.54. The van der Waals surface area contributed by atoms with Gasteiger partial charge < -0.3 is 24.8 Å². The van der Waals surface area contributed by atoms with Gasteiger partial charge >= 0.3 is 0 Å². The summed E-state index contributed by atoms with van der Waals surface area (Å²) < 4.78 is 10.9. The molecule has 0 bridgehead atoms. The predicted octanol–water partition coefficient (Wildman–Crippen LogP) is 3.74. The molecule has 1 heterocycles. The second kappa shape index (κ2) is 16.5. The molecule has 3 N–H and O–H groups in total. The van der Waals surface area contributed by atoms with Crippen LogP contribution in [-0.2, 0) is 9.47 Å². The molecule has 1 saturated heterocycles. The summed E-state index contributed by atoms with van der Waals surface area (Å²) in [7, 11) is 0. The van der Waals surface area contributed by atoms with Crippen molar-refractivity contribution >= 4 is 0 Å². The highest BCUT2D eigenvalue weighted by molar-refractivity contribution is 4.86. The van der Waals surface area contributed by atoms with Crippen LogP contribution in [0.25, 0.3) is 0 Å². The van der Waals surface area contributed by atoms with E-state index in [9.17, 15) is 15.3 Å². The second-order valence-corrected chi connectivity index (χ2v) is 7.73. The highest BCUT2D eigenvalue weighted by Gasteiger charge is 2.37. The van der Waals surface area contributed by atoms with Crippen molar-refractivity contribution in [2.24, 2.45) is 0 Å². The largest absolute Gasteiger partial charge is 0.388 e. The van der Waals surface area contributed by atoms with Gasteiger partial charge in [-0.15, -0.1) is 0 Å². The second-order valence-electron chi connectivity index (χ2n) is 7.73. The van der Waals surface area contributed by atoms with E-state index in [4.69, 9.17) is 9.47 Å². The van der Waals surface area contributed by atoms with E-state index in [1.807, 2.05) is 0 Å². The van der Waals surface area contributed by atoms with Crippen LogP contribution in [0.5, 0.6) is 0 Å². The van der Waals surface area contributed by atoms with Gasteiger partial charge in [-0.25, -0.2) is 0 Å². The molecule has 1 fully saturated rings. The Morgan fingerprint density at radius 1 is 0.815 bits per heavy atom. The van der Waals surface area contributed by atoms with Crippen LogP contribution >= 0.6 is 0 Å². The standard InChI is InChI=1S/C22H42O5/c1-2-3-4-5-6-7-8-9-10-11-12-13-14-15-16-26-18-20-22(25)21(24)19(23)17-27-20/h8-9,19-25H,2-7,10-18H2,1H3/b9-8+/t19-,20+,21+,22+/m0/s1. The molecule has 4 atom stereocenters. The van der Waals surface area contributed by atoms with Crippen molar-refractivity contribution in [3.8, 4) is 0 Å². The van der Waals surface area contributed by atoms with Gasteiger partial charge in [-0.2, -0.15) is 0 Å². The Balaban J connectivity index is 1.83. The molecule has 27 heavy (non-hydrogen) atoms. The lowest BCUT2D eigenvalue weighted by molar-refractivity contribution is -0.199. The Labute approximate surface area is 165 Å². The zero-order chi connectivity index (χ0) is 19.7. The van der Waals surface area contributed by atoms with Crippen LogP contribution in [0.4, 0.5) is 0 Å². The third-order valence-electron chi connectivity index (χ3n) is 5.19. The van der Waals surface area contributed by atoms with E-state index in [0.29, 0.717) is 6.61 Å². The number of ether oxygens (including phenoxy) is 2. The van der Waals surface area contributed by atoms with Gasteiger partial charge in [0.25, 0.3) is 0 Å². The lowest BCUT2D eigenvalue weighted by atomic mass is 10.0. The Bertz CT molecular complexity index is 361. The normalized spacial score (nSPS) is 26.1. The Morgan fingerprint density at radius 3 is 2.07 bits per heavy atom. The van der Waals surface area contributed by atoms with Gasteiger partial charge in [0, 0.05) is 6.61 Å². The summed E-state index contributed by atoms with van der Waals surface area (Å²) in [6.07, 6.45) is 16.0. The molecule has 5 nitrogen and oxygen atoms in total. The number of aliphatic hydroxyl groups is 3. The number of hydrogen-bond acceptors (Lipinski definition) is 5. The zero-order valence-corrected chi connectivity index (χ0v) is 17.2. The topological polar surface area (TPSA) is 79.2 Å². The van der Waals surface area contributed by atoms with E-state index in [2.05, 4.69) is 19.1 Å². The maximum absolute atomic E-state index is 9.81. The molecule has 0 aliphatic carbocycles. The van der Waals surface area contributed by atoms with Gasteiger partial charge in [-0.1, -0.05) is 64.0 Å². The zero-order valence-electron chi connectivity index (χ0n) is 17.2. The Morgan fingerprint density at radius 2 is 1.41 bits per heavy atom. The molecular formula is C22H42O5. The minimum Gasteiger partial charge on any atom is -0.388 e. The van der Waals surface area contributed by atoms with E-state index in [-0.39, 0.29) is 13.2 Å². The SMILES string of the molecule is CCCCCCC/C=C/CCCCCCCOC[C@H]1OC[C@H](O)[C@@H](O)[C@@H]1O. The van der Waals surface area contributed by atoms with Gasteiger partial charge in [-0.05, 0) is 32.1 Å². The highest BCUT2D eigenvalue weighted by Crippen LogP contribution is 2.16. The quantitative estimate of drug-likeness (QED) is 0.278. The fourth-order valence-electron chi connectivity index (χ4n) is 3.31. The number of allylic oxidation sites excluding steroid dienone is 2. The fourth-order valence-corrected chi connectivity index (χ4v) is 3.31. The van der Waals surface area contributed by atoms with Crippen molar-refractivity contribution in [3.05, 3.63) is 12.2 Å². The lowest BCUT2D eigenvalue weighted by Gasteiger charge is -2.35. The fraction of sp³-hybridized carbons (Fsp3) is 0.909. The van der Waals surface area contributed by atoms with Crippen molar-refractivity contribution in [1.82, 2.24) is 0 Å². The van der Waals surface area contributed by atoms with Crippen LogP contribution in [0, 0.1) is 0 Å². The molecule has 5 heteroatoms. The van der Waals surface area contributed by atoms with Gasteiger partial charge in [-0.3, -0.25) is 0 Å². The summed E-state index contributed by atoms with van der Waals surface area (Å²) in [5.74, 6) is 0. The molecule has 0 aromatic heterocycles. The number of hydrogen-bond donors (Lipinski definition) is 3. The summed E-state index contributed by atoms with van der Waals surface area (Å²) >= 11 is 0. The van der Waals surface area contributed by atoms with E-state index >= 15 is 0 Å². The molecule has 0 aromatic carbocycles. The number of aliphatic hydroxyl groups excluding tert-OH is 3. The van der Waals surface area contributed by atoms with E-state index < -0.39 is 24.4 Å². The first-order valence-electron chi connectivity index (χ1n) is 11.0. The molecule has 0 aromatic rings. The minimum atomic E-state index is -1.15. The maximum atomic E-state index is 9.81. The van der Waals surface area contributed by atoms with Crippen molar-refractivity contribution in [2.75, 3.05) is 19.8 Å². The van der Waals surface area contributed by atoms with Crippen molar-refractivity contribution in [3.63, 3.8) is 0 Å². The Kier molecular flexibility index (Phi) is 15.0. The minimum absolute atomic E-state index is 0.0412. The third-order valence-corrected chi connectivity index (χ3v) is 5.19. The van der Waals surface area contributed by atoms with Crippen molar-refractivity contribution in [2.45, 2.75) is 108 Å². The average Bonchev–Trinajstić information content (AvgIpc) is 2.67. The molecule has 0 spiro atoms. The first-order chi connectivity index (χ1) is 13.2. The van der Waals surface area contributed by atoms with Gasteiger partial charge in [0.2, 0.25) is 0 Å². The van der Waals surface area contributed by atoms with Gasteiger partial charge in [0.15, 0.2) is 0 Å². The first-order valence-corrected chi connectivity index (χ1v) is 11.0. The van der Waals surface area contributed by atoms with Crippen LogP contribution in [0.3, 0.4) is 0 Å². The van der Waals surface area contributed by atoms with Crippen LogP contribution in [-0.4, -0.2) is 59.6 Å². The van der Waals surface area contributed by atoms with Gasteiger partial charge in [0.05, 0.1) is 13.2 Å². The van der Waals surface area contributed by atoms with Crippen LogP contribution in [0.15, 0.2) is 12.2 Å². The van der Waals surface area contributed by atoms with E-state index in [1.165, 1.54) is 64.2 Å². The molecule has 0 saturated carbocycles. The summed E-state index contributed by atoms with van der Waals surface area (Å²) in [4.78, 5) is 0. The van der Waals surface area contributed by atoms with Crippen LogP contribution in [0.1, 0.15) is 84.0 Å². The summed E-state index contributed by atoms with van der Waals surface area (Å²) in [6.45, 7) is 3.19. The number of unbranched alkanes of at least 4 members (excludes halogenated alkanes) is 10. The summed E-state index contributed by atoms with van der Waals surface area (Å²) in [5.41, 5.74) is 0. The Hall–Kier alpha value is -0.460. The summed E-state index contributed by atoms with van der Waals surface area (Å²) in [6, 6.07) is 0. The van der Waals surface area contributed by atoms with Crippen molar-refractivity contribution < 1.29 is 24.8 Å². The molecule has 0 radical (unpaired) electrons. The smallest absolute Gasteiger partial charge is 0.111 e. The predicted molar refractivity (Wildman–Crippen MR) is 109 cm³/mol. The molecule has 160 valence electrons. The molecule has 0 unspecified atom stereocenters. The first kappa shape index (κ1) is 24.6. The van der Waals surface area contributed by atoms with Crippen LogP contribution in [0.2, 0.25) is 0 Å². The van der Waals surface area contributed by atoms with E-state index in [0.717, 1.165) is 12.8 Å². The monoisotopic (exact) mass is 386 g/mol. The molecule has 0 amide bonds. The van der Waals surface area contributed by atoms with Gasteiger partial charge in [0.1, 0.15) is 24.4 Å².